The number of rotatable bonds is 10. The highest BCUT2D eigenvalue weighted by Crippen LogP contribution is 2.37. The molecule has 0 rings (SSSR count). The Morgan fingerprint density at radius 1 is 0.773 bits per heavy atom. The SMILES string of the molecule is CCC(CC)(O[Si](C)(C)C)[SiH](C)OC(CC)(CC)[Si](C)(C)C. The minimum absolute atomic E-state index is 0.000285. The molecule has 1 atom stereocenters. The van der Waals surface area contributed by atoms with E-state index in [2.05, 4.69) is 73.5 Å². The van der Waals surface area contributed by atoms with Crippen molar-refractivity contribution in [2.75, 3.05) is 0 Å². The summed E-state index contributed by atoms with van der Waals surface area (Å²) in [6.07, 6.45) is 4.42. The second kappa shape index (κ2) is 8.10. The predicted molar refractivity (Wildman–Crippen MR) is 109 cm³/mol. The van der Waals surface area contributed by atoms with Gasteiger partial charge in [0.25, 0.3) is 0 Å². The van der Waals surface area contributed by atoms with Crippen LogP contribution in [0.1, 0.15) is 53.4 Å². The molecule has 22 heavy (non-hydrogen) atoms. The Kier molecular flexibility index (Phi) is 8.31. The van der Waals surface area contributed by atoms with Crippen LogP contribution in [-0.4, -0.2) is 35.9 Å². The summed E-state index contributed by atoms with van der Waals surface area (Å²) >= 11 is 0. The largest absolute Gasteiger partial charge is 0.415 e. The Morgan fingerprint density at radius 2 is 1.18 bits per heavy atom. The quantitative estimate of drug-likeness (QED) is 0.461. The fraction of sp³-hybridized carbons (Fsp3) is 1.00. The van der Waals surface area contributed by atoms with E-state index < -0.39 is 25.4 Å². The normalized spacial score (nSPS) is 16.0. The van der Waals surface area contributed by atoms with E-state index >= 15 is 0 Å². The summed E-state index contributed by atoms with van der Waals surface area (Å²) in [5, 5.41) is 0.108. The van der Waals surface area contributed by atoms with Crippen molar-refractivity contribution in [3.63, 3.8) is 0 Å². The van der Waals surface area contributed by atoms with Crippen LogP contribution in [0.5, 0.6) is 0 Å². The standard InChI is InChI=1S/C17H42O2Si3/c1-12-16(13-2,19-22(9,10)11)20(5)18-17(14-3,15-4)21(6,7)8/h20H,12-15H2,1-11H3. The van der Waals surface area contributed by atoms with Crippen LogP contribution in [0.4, 0.5) is 0 Å². The molecule has 0 amide bonds. The summed E-state index contributed by atoms with van der Waals surface area (Å²) in [4.78, 5) is 0. The predicted octanol–water partition coefficient (Wildman–Crippen LogP) is 5.74. The molecule has 0 aromatic heterocycles. The molecule has 0 bridgehead atoms. The molecular formula is C17H42O2Si3. The summed E-state index contributed by atoms with van der Waals surface area (Å²) in [6, 6.07) is 0. The molecule has 0 heterocycles. The maximum Gasteiger partial charge on any atom is 0.204 e. The molecule has 0 radical (unpaired) electrons. The molecule has 0 aliphatic rings. The van der Waals surface area contributed by atoms with Gasteiger partial charge in [-0.15, -0.1) is 0 Å². The van der Waals surface area contributed by atoms with Crippen molar-refractivity contribution in [3.8, 4) is 0 Å². The van der Waals surface area contributed by atoms with Gasteiger partial charge in [0.2, 0.25) is 9.04 Å². The zero-order chi connectivity index (χ0) is 17.8. The molecule has 0 saturated heterocycles. The first-order valence-electron chi connectivity index (χ1n) is 9.21. The first-order valence-corrected chi connectivity index (χ1v) is 18.3. The Morgan fingerprint density at radius 3 is 1.41 bits per heavy atom. The number of hydrogen-bond donors (Lipinski definition) is 0. The van der Waals surface area contributed by atoms with Gasteiger partial charge >= 0.3 is 0 Å². The van der Waals surface area contributed by atoms with Crippen LogP contribution in [-0.2, 0) is 8.85 Å². The molecule has 0 aromatic rings. The van der Waals surface area contributed by atoms with Gasteiger partial charge in [0.05, 0.1) is 13.3 Å². The van der Waals surface area contributed by atoms with Gasteiger partial charge in [0.1, 0.15) is 0 Å². The first-order chi connectivity index (χ1) is 9.83. The molecule has 2 nitrogen and oxygen atoms in total. The highest BCUT2D eigenvalue weighted by molar-refractivity contribution is 6.79. The minimum Gasteiger partial charge on any atom is -0.415 e. The van der Waals surface area contributed by atoms with Gasteiger partial charge in [-0.1, -0.05) is 47.3 Å². The minimum atomic E-state index is -1.57. The molecule has 0 saturated carbocycles. The molecule has 0 N–H and O–H groups in total. The lowest BCUT2D eigenvalue weighted by molar-refractivity contribution is 0.0659. The summed E-state index contributed by atoms with van der Waals surface area (Å²) in [5.41, 5.74) is 0. The van der Waals surface area contributed by atoms with Crippen molar-refractivity contribution in [1.29, 1.82) is 0 Å². The second-order valence-corrected chi connectivity index (χ2v) is 21.1. The third-order valence-corrected chi connectivity index (χ3v) is 13.6. The fourth-order valence-electron chi connectivity index (χ4n) is 3.76. The lowest BCUT2D eigenvalue weighted by Gasteiger charge is -2.49. The second-order valence-electron chi connectivity index (χ2n) is 8.70. The van der Waals surface area contributed by atoms with E-state index in [0.29, 0.717) is 0 Å². The Hall–Kier alpha value is 0.571. The first kappa shape index (κ1) is 22.6. The molecule has 5 heteroatoms. The molecule has 0 aliphatic heterocycles. The van der Waals surface area contributed by atoms with Crippen molar-refractivity contribution in [2.24, 2.45) is 0 Å². The zero-order valence-corrected chi connectivity index (χ0v) is 20.4. The Labute approximate surface area is 144 Å². The number of hydrogen-bond acceptors (Lipinski definition) is 2. The van der Waals surface area contributed by atoms with Crippen LogP contribution in [0.3, 0.4) is 0 Å². The maximum absolute atomic E-state index is 6.99. The summed E-state index contributed by atoms with van der Waals surface area (Å²) in [7, 11) is -4.43. The average Bonchev–Trinajstić information content (AvgIpc) is 2.39. The van der Waals surface area contributed by atoms with Crippen LogP contribution in [0, 0.1) is 0 Å². The molecule has 0 spiro atoms. The van der Waals surface area contributed by atoms with Gasteiger partial charge in [-0.25, -0.2) is 0 Å². The topological polar surface area (TPSA) is 18.5 Å². The van der Waals surface area contributed by atoms with Crippen molar-refractivity contribution in [3.05, 3.63) is 0 Å². The van der Waals surface area contributed by atoms with E-state index in [4.69, 9.17) is 8.85 Å². The Balaban J connectivity index is 5.54. The van der Waals surface area contributed by atoms with Crippen molar-refractivity contribution < 1.29 is 8.85 Å². The van der Waals surface area contributed by atoms with E-state index in [1.54, 1.807) is 0 Å². The van der Waals surface area contributed by atoms with Crippen LogP contribution in [0.2, 0.25) is 45.8 Å². The van der Waals surface area contributed by atoms with Crippen LogP contribution in [0.15, 0.2) is 0 Å². The molecule has 0 aromatic carbocycles. The van der Waals surface area contributed by atoms with Crippen LogP contribution >= 0.6 is 0 Å². The lowest BCUT2D eigenvalue weighted by atomic mass is 10.2. The van der Waals surface area contributed by atoms with E-state index in [-0.39, 0.29) is 10.4 Å². The van der Waals surface area contributed by atoms with E-state index in [0.717, 1.165) is 25.7 Å². The van der Waals surface area contributed by atoms with Gasteiger partial charge in [-0.2, -0.15) is 0 Å². The van der Waals surface area contributed by atoms with Crippen LogP contribution < -0.4 is 0 Å². The van der Waals surface area contributed by atoms with Gasteiger partial charge in [0, 0.05) is 5.22 Å². The monoisotopic (exact) mass is 362 g/mol. The lowest BCUT2D eigenvalue weighted by Crippen LogP contribution is -2.61. The fourth-order valence-corrected chi connectivity index (χ4v) is 13.4. The Bertz CT molecular complexity index is 324. The molecule has 0 fully saturated rings. The average molecular weight is 363 g/mol. The van der Waals surface area contributed by atoms with Gasteiger partial charge < -0.3 is 8.85 Å². The van der Waals surface area contributed by atoms with Gasteiger partial charge in [-0.05, 0) is 51.9 Å². The molecule has 1 unspecified atom stereocenters. The summed E-state index contributed by atoms with van der Waals surface area (Å²) in [6.45, 7) is 25.9. The highest BCUT2D eigenvalue weighted by Gasteiger charge is 2.48. The molecule has 0 aliphatic carbocycles. The molecule has 134 valence electrons. The van der Waals surface area contributed by atoms with E-state index in [1.165, 1.54) is 0 Å². The summed E-state index contributed by atoms with van der Waals surface area (Å²) in [5.74, 6) is 0. The summed E-state index contributed by atoms with van der Waals surface area (Å²) < 4.78 is 13.7. The smallest absolute Gasteiger partial charge is 0.204 e. The molecular weight excluding hydrogens is 320 g/mol. The highest BCUT2D eigenvalue weighted by atomic mass is 28.4. The maximum atomic E-state index is 6.99. The van der Waals surface area contributed by atoms with Crippen molar-refractivity contribution in [1.82, 2.24) is 0 Å². The van der Waals surface area contributed by atoms with Crippen LogP contribution in [0.25, 0.3) is 0 Å². The van der Waals surface area contributed by atoms with Crippen molar-refractivity contribution in [2.45, 2.75) is 110 Å². The van der Waals surface area contributed by atoms with Gasteiger partial charge in [-0.3, -0.25) is 0 Å². The zero-order valence-electron chi connectivity index (χ0n) is 17.2. The third kappa shape index (κ3) is 5.30. The third-order valence-electron chi connectivity index (χ3n) is 5.36. The van der Waals surface area contributed by atoms with E-state index in [9.17, 15) is 0 Å². The van der Waals surface area contributed by atoms with Crippen molar-refractivity contribution >= 4 is 25.4 Å². The van der Waals surface area contributed by atoms with E-state index in [1.807, 2.05) is 0 Å². The van der Waals surface area contributed by atoms with Gasteiger partial charge in [0.15, 0.2) is 8.32 Å².